The summed E-state index contributed by atoms with van der Waals surface area (Å²) in [5.41, 5.74) is 6.34. The lowest BCUT2D eigenvalue weighted by Gasteiger charge is -2.32. The molecule has 0 saturated heterocycles. The van der Waals surface area contributed by atoms with Gasteiger partial charge in [0.2, 0.25) is 0 Å². The molecule has 2 amide bonds. The monoisotopic (exact) mass is 471 g/mol. The van der Waals surface area contributed by atoms with Crippen LogP contribution in [0.15, 0.2) is 95.6 Å². The molecule has 0 radical (unpaired) electrons. The second-order valence-electron chi connectivity index (χ2n) is 7.76. The second kappa shape index (κ2) is 8.08. The molecule has 0 bridgehead atoms. The first-order chi connectivity index (χ1) is 15.1. The maximum atomic E-state index is 13.7. The molecule has 0 fully saturated rings. The number of benzene rings is 3. The zero-order valence-corrected chi connectivity index (χ0v) is 18.7. The number of amides is 2. The van der Waals surface area contributed by atoms with E-state index in [9.17, 15) is 4.79 Å². The summed E-state index contributed by atoms with van der Waals surface area (Å²) >= 11 is 3.49. The number of nitrogens with zero attached hydrogens (tertiary/aromatic N) is 2. The van der Waals surface area contributed by atoms with Crippen molar-refractivity contribution in [3.05, 3.63) is 118 Å². The highest BCUT2D eigenvalue weighted by molar-refractivity contribution is 9.10. The number of halogens is 1. The van der Waals surface area contributed by atoms with E-state index >= 15 is 0 Å². The molecule has 2 heterocycles. The van der Waals surface area contributed by atoms with Crippen LogP contribution in [0.2, 0.25) is 0 Å². The number of aromatic nitrogens is 1. The Bertz CT molecular complexity index is 1260. The van der Waals surface area contributed by atoms with Crippen LogP contribution in [0.25, 0.3) is 5.69 Å². The van der Waals surface area contributed by atoms with Gasteiger partial charge in [0.25, 0.3) is 0 Å². The molecule has 1 aromatic heterocycles. The van der Waals surface area contributed by atoms with Crippen molar-refractivity contribution in [1.29, 1.82) is 0 Å². The van der Waals surface area contributed by atoms with Gasteiger partial charge in [0, 0.05) is 22.1 Å². The van der Waals surface area contributed by atoms with E-state index in [2.05, 4.69) is 69.3 Å². The van der Waals surface area contributed by atoms with E-state index in [4.69, 9.17) is 0 Å². The molecule has 31 heavy (non-hydrogen) atoms. The van der Waals surface area contributed by atoms with Gasteiger partial charge >= 0.3 is 6.03 Å². The number of carbonyl (C=O) groups is 1. The van der Waals surface area contributed by atoms with Crippen LogP contribution in [0.4, 0.5) is 10.5 Å². The van der Waals surface area contributed by atoms with Gasteiger partial charge in [-0.05, 0) is 60.0 Å². The van der Waals surface area contributed by atoms with Crippen molar-refractivity contribution in [1.82, 2.24) is 9.47 Å². The van der Waals surface area contributed by atoms with Crippen molar-refractivity contribution < 1.29 is 4.79 Å². The van der Waals surface area contributed by atoms with Crippen LogP contribution in [-0.2, 0) is 6.54 Å². The van der Waals surface area contributed by atoms with E-state index in [1.807, 2.05) is 59.5 Å². The van der Waals surface area contributed by atoms with Crippen LogP contribution in [-0.4, -0.2) is 15.5 Å². The van der Waals surface area contributed by atoms with Gasteiger partial charge in [-0.25, -0.2) is 4.79 Å². The highest BCUT2D eigenvalue weighted by atomic mass is 79.9. The lowest BCUT2D eigenvalue weighted by atomic mass is 9.97. The van der Waals surface area contributed by atoms with Gasteiger partial charge in [-0.15, -0.1) is 0 Å². The van der Waals surface area contributed by atoms with Gasteiger partial charge in [0.1, 0.15) is 6.04 Å². The first-order valence-electron chi connectivity index (χ1n) is 10.3. The van der Waals surface area contributed by atoms with Gasteiger partial charge in [-0.2, -0.15) is 0 Å². The van der Waals surface area contributed by atoms with Crippen molar-refractivity contribution in [3.63, 3.8) is 0 Å². The summed E-state index contributed by atoms with van der Waals surface area (Å²) in [5.74, 6) is 0. The molecule has 1 N–H and O–H groups in total. The van der Waals surface area contributed by atoms with Crippen molar-refractivity contribution in [2.24, 2.45) is 0 Å². The molecule has 1 atom stereocenters. The molecule has 4 nitrogen and oxygen atoms in total. The van der Waals surface area contributed by atoms with Crippen molar-refractivity contribution >= 4 is 27.6 Å². The molecular formula is C26H22BrN3O. The Kier molecular flexibility index (Phi) is 5.12. The summed E-state index contributed by atoms with van der Waals surface area (Å²) in [6, 6.07) is 28.1. The van der Waals surface area contributed by atoms with E-state index < -0.39 is 0 Å². The Morgan fingerprint density at radius 1 is 0.968 bits per heavy atom. The second-order valence-corrected chi connectivity index (χ2v) is 8.67. The zero-order chi connectivity index (χ0) is 21.4. The number of carbonyl (C=O) groups excluding carboxylic acids is 1. The third-order valence-corrected chi connectivity index (χ3v) is 6.28. The Balaban J connectivity index is 1.65. The van der Waals surface area contributed by atoms with Crippen molar-refractivity contribution in [2.45, 2.75) is 19.5 Å². The fourth-order valence-corrected chi connectivity index (χ4v) is 4.72. The van der Waals surface area contributed by atoms with Crippen molar-refractivity contribution in [3.8, 4) is 5.69 Å². The predicted molar refractivity (Wildman–Crippen MR) is 127 cm³/mol. The normalized spacial score (nSPS) is 15.0. The number of hydrogen-bond donors (Lipinski definition) is 1. The van der Waals surface area contributed by atoms with E-state index in [0.29, 0.717) is 6.54 Å². The van der Waals surface area contributed by atoms with E-state index in [-0.39, 0.29) is 12.1 Å². The summed E-state index contributed by atoms with van der Waals surface area (Å²) < 4.78 is 3.13. The molecule has 4 aromatic rings. The Hall–Kier alpha value is -3.31. The number of nitrogens with one attached hydrogen (secondary N) is 1. The van der Waals surface area contributed by atoms with Crippen LogP contribution >= 0.6 is 15.9 Å². The summed E-state index contributed by atoms with van der Waals surface area (Å²) in [6.07, 6.45) is 2.08. The minimum atomic E-state index is -0.212. The molecule has 0 aliphatic carbocycles. The predicted octanol–water partition coefficient (Wildman–Crippen LogP) is 6.69. The quantitative estimate of drug-likeness (QED) is 0.347. The third-order valence-electron chi connectivity index (χ3n) is 5.78. The van der Waals surface area contributed by atoms with Crippen LogP contribution in [0, 0.1) is 6.92 Å². The van der Waals surface area contributed by atoms with Gasteiger partial charge < -0.3 is 14.8 Å². The topological polar surface area (TPSA) is 37.3 Å². The van der Waals surface area contributed by atoms with Crippen LogP contribution < -0.4 is 5.32 Å². The van der Waals surface area contributed by atoms with E-state index in [1.54, 1.807) is 0 Å². The molecule has 0 spiro atoms. The SMILES string of the molecule is Cc1ccccc1C1c2cccn2-c2ccccc2CN1C(=O)Nc1cccc(Br)c1. The summed E-state index contributed by atoms with van der Waals surface area (Å²) in [5, 5.41) is 3.10. The molecule has 1 aliphatic heterocycles. The number of aryl methyl sites for hydroxylation is 1. The lowest BCUT2D eigenvalue weighted by Crippen LogP contribution is -2.38. The molecule has 3 aromatic carbocycles. The minimum absolute atomic E-state index is 0.129. The first kappa shape index (κ1) is 19.6. The van der Waals surface area contributed by atoms with Crippen LogP contribution in [0.3, 0.4) is 0 Å². The maximum absolute atomic E-state index is 13.7. The zero-order valence-electron chi connectivity index (χ0n) is 17.1. The molecule has 0 saturated carbocycles. The maximum Gasteiger partial charge on any atom is 0.322 e. The molecule has 1 aliphatic rings. The number of urea groups is 1. The van der Waals surface area contributed by atoms with Gasteiger partial charge in [-0.1, -0.05) is 64.5 Å². The molecule has 154 valence electrons. The number of fused-ring (bicyclic) bond motifs is 3. The molecule has 5 heteroatoms. The van der Waals surface area contributed by atoms with Crippen molar-refractivity contribution in [2.75, 3.05) is 5.32 Å². The summed E-state index contributed by atoms with van der Waals surface area (Å²) in [6.45, 7) is 2.61. The number of hydrogen-bond acceptors (Lipinski definition) is 1. The van der Waals surface area contributed by atoms with Crippen LogP contribution in [0.1, 0.15) is 28.4 Å². The van der Waals surface area contributed by atoms with Gasteiger partial charge in [-0.3, -0.25) is 0 Å². The lowest BCUT2D eigenvalue weighted by molar-refractivity contribution is 0.194. The molecular weight excluding hydrogens is 450 g/mol. The van der Waals surface area contributed by atoms with E-state index in [1.165, 1.54) is 0 Å². The standard InChI is InChI=1S/C26H22BrN3O/c1-18-8-2-4-12-22(18)25-24-14-7-15-29(24)23-13-5-3-9-19(23)17-30(25)26(31)28-21-11-6-10-20(27)16-21/h2-16,25H,17H2,1H3,(H,28,31). The highest BCUT2D eigenvalue weighted by Gasteiger charge is 2.33. The fraction of sp³-hybridized carbons (Fsp3) is 0.115. The number of para-hydroxylation sites is 1. The Morgan fingerprint density at radius 3 is 2.61 bits per heavy atom. The highest BCUT2D eigenvalue weighted by Crippen LogP contribution is 2.38. The van der Waals surface area contributed by atoms with Gasteiger partial charge in [0.15, 0.2) is 0 Å². The molecule has 5 rings (SSSR count). The summed E-state index contributed by atoms with van der Waals surface area (Å²) in [4.78, 5) is 15.6. The van der Waals surface area contributed by atoms with E-state index in [0.717, 1.165) is 38.2 Å². The Labute approximate surface area is 190 Å². The largest absolute Gasteiger partial charge is 0.322 e. The average molecular weight is 472 g/mol. The number of anilines is 1. The van der Waals surface area contributed by atoms with Gasteiger partial charge in [0.05, 0.1) is 12.2 Å². The first-order valence-corrected chi connectivity index (χ1v) is 11.1. The Morgan fingerprint density at radius 2 is 1.77 bits per heavy atom. The third kappa shape index (κ3) is 3.66. The molecule has 1 unspecified atom stereocenters. The van der Waals surface area contributed by atoms with Crippen LogP contribution in [0.5, 0.6) is 0 Å². The minimum Gasteiger partial charge on any atom is -0.318 e. The smallest absolute Gasteiger partial charge is 0.318 e. The summed E-state index contributed by atoms with van der Waals surface area (Å²) in [7, 11) is 0. The average Bonchev–Trinajstić information content (AvgIpc) is 3.19. The fourth-order valence-electron chi connectivity index (χ4n) is 4.32. The number of rotatable bonds is 2.